The summed E-state index contributed by atoms with van der Waals surface area (Å²) in [5, 5.41) is 19.5. The maximum atomic E-state index is 11.0. The monoisotopic (exact) mass is 266 g/mol. The van der Waals surface area contributed by atoms with E-state index in [0.29, 0.717) is 0 Å². The molecule has 2 N–H and O–H groups in total. The van der Waals surface area contributed by atoms with E-state index in [1.54, 1.807) is 0 Å². The van der Waals surface area contributed by atoms with Crippen LogP contribution < -0.4 is 0 Å². The highest BCUT2D eigenvalue weighted by atomic mass is 17.3. The van der Waals surface area contributed by atoms with Gasteiger partial charge in [-0.3, -0.25) is 4.89 Å². The maximum Gasteiger partial charge on any atom is 0.546 e. The molecule has 0 aliphatic carbocycles. The van der Waals surface area contributed by atoms with E-state index in [1.807, 2.05) is 0 Å². The normalized spacial score (nSPS) is 40.0. The zero-order valence-electron chi connectivity index (χ0n) is 7.98. The molecular formula is C6H2O12. The van der Waals surface area contributed by atoms with Gasteiger partial charge in [0, 0.05) is 0 Å². The summed E-state index contributed by atoms with van der Waals surface area (Å²) in [6.07, 6.45) is -4.52. The molecule has 3 saturated heterocycles. The second-order valence-corrected chi connectivity index (χ2v) is 3.21. The molecule has 0 radical (unpaired) electrons. The van der Waals surface area contributed by atoms with E-state index in [9.17, 15) is 24.6 Å². The predicted molar refractivity (Wildman–Crippen MR) is 36.4 cm³/mol. The minimum atomic E-state index is -3.34. The number of rotatable bonds is 1. The first-order chi connectivity index (χ1) is 8.30. The molecule has 3 fully saturated rings. The maximum absolute atomic E-state index is 11.0. The van der Waals surface area contributed by atoms with E-state index in [2.05, 4.69) is 33.5 Å². The van der Waals surface area contributed by atoms with Gasteiger partial charge in [-0.2, -0.15) is 0 Å². The van der Waals surface area contributed by atoms with Crippen LogP contribution in [0.5, 0.6) is 0 Å². The fraction of sp³-hybridized carbons (Fsp3) is 0.500. The second kappa shape index (κ2) is 2.74. The van der Waals surface area contributed by atoms with Crippen LogP contribution in [-0.2, 0) is 33.5 Å². The molecule has 1 spiro atoms. The van der Waals surface area contributed by atoms with Gasteiger partial charge in [-0.1, -0.05) is 4.89 Å². The standard InChI is InChI=1S/C6H2O12/c7-1-12-4(10,5(11)13-2(8)14-5)6(15-1)16-3(9)17-18-6/h10-11H. The molecule has 3 heterocycles. The average molecular weight is 266 g/mol. The Hall–Kier alpha value is -2.31. The first-order valence-corrected chi connectivity index (χ1v) is 4.18. The highest BCUT2D eigenvalue weighted by Gasteiger charge is 2.88. The fourth-order valence-electron chi connectivity index (χ4n) is 1.41. The molecule has 2 atom stereocenters. The third kappa shape index (κ3) is 1.01. The third-order valence-electron chi connectivity index (χ3n) is 2.17. The molecule has 0 bridgehead atoms. The Morgan fingerprint density at radius 3 is 1.83 bits per heavy atom. The summed E-state index contributed by atoms with van der Waals surface area (Å²) in [6, 6.07) is 0. The Balaban J connectivity index is 2.01. The zero-order chi connectivity index (χ0) is 13.2. The first kappa shape index (κ1) is 10.8. The van der Waals surface area contributed by atoms with Gasteiger partial charge in [-0.15, -0.1) is 0 Å². The van der Waals surface area contributed by atoms with Crippen LogP contribution in [0.2, 0.25) is 0 Å². The summed E-state index contributed by atoms with van der Waals surface area (Å²) >= 11 is 0. The molecule has 98 valence electrons. The number of cyclic esters (lactones) is 3. The van der Waals surface area contributed by atoms with Crippen LogP contribution in [0.4, 0.5) is 14.4 Å². The molecule has 0 aromatic heterocycles. The lowest BCUT2D eigenvalue weighted by Crippen LogP contribution is -2.74. The van der Waals surface area contributed by atoms with Gasteiger partial charge in [-0.05, 0) is 0 Å². The van der Waals surface area contributed by atoms with Crippen molar-refractivity contribution in [2.24, 2.45) is 0 Å². The van der Waals surface area contributed by atoms with E-state index >= 15 is 0 Å². The molecule has 0 aromatic carbocycles. The number of carbonyl (C=O) groups excluding carboxylic acids is 3. The Morgan fingerprint density at radius 1 is 0.778 bits per heavy atom. The number of hydrogen-bond acceptors (Lipinski definition) is 12. The van der Waals surface area contributed by atoms with Crippen molar-refractivity contribution in [2.45, 2.75) is 17.7 Å². The SMILES string of the molecule is O=C1OC(O)(C2(O)OC(=O)OC23OOC(=O)O3)O1. The Bertz CT molecular complexity index is 457. The Kier molecular flexibility index (Phi) is 1.65. The molecule has 0 aromatic rings. The summed E-state index contributed by atoms with van der Waals surface area (Å²) in [7, 11) is 0. The van der Waals surface area contributed by atoms with Crippen LogP contribution in [0, 0.1) is 0 Å². The molecule has 3 aliphatic heterocycles. The Labute approximate surface area is 95.3 Å². The summed E-state index contributed by atoms with van der Waals surface area (Å²) in [6.45, 7) is 0. The number of carbonyl (C=O) groups is 3. The zero-order valence-corrected chi connectivity index (χ0v) is 7.98. The van der Waals surface area contributed by atoms with Crippen molar-refractivity contribution in [3.8, 4) is 0 Å². The quantitative estimate of drug-likeness (QED) is 0.319. The van der Waals surface area contributed by atoms with Crippen LogP contribution in [0.3, 0.4) is 0 Å². The van der Waals surface area contributed by atoms with Gasteiger partial charge >= 0.3 is 36.2 Å². The lowest BCUT2D eigenvalue weighted by Gasteiger charge is -2.41. The molecule has 0 amide bonds. The van der Waals surface area contributed by atoms with Crippen molar-refractivity contribution in [1.29, 1.82) is 0 Å². The minimum Gasteiger partial charge on any atom is -0.380 e. The largest absolute Gasteiger partial charge is 0.546 e. The highest BCUT2D eigenvalue weighted by molar-refractivity contribution is 5.69. The number of ether oxygens (including phenoxy) is 5. The van der Waals surface area contributed by atoms with Crippen LogP contribution in [-0.4, -0.2) is 46.4 Å². The molecule has 3 rings (SSSR count). The lowest BCUT2D eigenvalue weighted by molar-refractivity contribution is -0.555. The molecule has 2 unspecified atom stereocenters. The van der Waals surface area contributed by atoms with Crippen molar-refractivity contribution >= 4 is 18.5 Å². The second-order valence-electron chi connectivity index (χ2n) is 3.21. The molecule has 18 heavy (non-hydrogen) atoms. The summed E-state index contributed by atoms with van der Waals surface area (Å²) < 4.78 is 20.7. The smallest absolute Gasteiger partial charge is 0.380 e. The van der Waals surface area contributed by atoms with Gasteiger partial charge in [0.05, 0.1) is 0 Å². The van der Waals surface area contributed by atoms with Crippen molar-refractivity contribution in [3.63, 3.8) is 0 Å². The topological polar surface area (TPSA) is 156 Å². The Morgan fingerprint density at radius 2 is 1.33 bits per heavy atom. The lowest BCUT2D eigenvalue weighted by atomic mass is 10.1. The van der Waals surface area contributed by atoms with E-state index in [0.717, 1.165) is 0 Å². The summed E-state index contributed by atoms with van der Waals surface area (Å²) in [5.41, 5.74) is 0. The van der Waals surface area contributed by atoms with Crippen molar-refractivity contribution < 1.29 is 58.1 Å². The van der Waals surface area contributed by atoms with Gasteiger partial charge in [0.15, 0.2) is 0 Å². The third-order valence-corrected chi connectivity index (χ3v) is 2.17. The average Bonchev–Trinajstić information content (AvgIpc) is 2.69. The molecular weight excluding hydrogens is 264 g/mol. The molecule has 0 saturated carbocycles. The van der Waals surface area contributed by atoms with Crippen molar-refractivity contribution in [1.82, 2.24) is 0 Å². The van der Waals surface area contributed by atoms with E-state index in [1.165, 1.54) is 0 Å². The molecule has 3 aliphatic rings. The van der Waals surface area contributed by atoms with E-state index < -0.39 is 36.2 Å². The number of hydrogen-bond donors (Lipinski definition) is 2. The van der Waals surface area contributed by atoms with Crippen LogP contribution in [0.1, 0.15) is 0 Å². The fourth-order valence-corrected chi connectivity index (χ4v) is 1.41. The van der Waals surface area contributed by atoms with Crippen molar-refractivity contribution in [3.05, 3.63) is 0 Å². The van der Waals surface area contributed by atoms with Gasteiger partial charge in [-0.25, -0.2) is 14.4 Å². The minimum absolute atomic E-state index is 1.39. The van der Waals surface area contributed by atoms with Crippen LogP contribution >= 0.6 is 0 Å². The van der Waals surface area contributed by atoms with Gasteiger partial charge in [0.25, 0.3) is 0 Å². The van der Waals surface area contributed by atoms with Crippen molar-refractivity contribution in [2.75, 3.05) is 0 Å². The van der Waals surface area contributed by atoms with Crippen LogP contribution in [0.15, 0.2) is 0 Å². The van der Waals surface area contributed by atoms with E-state index in [-0.39, 0.29) is 0 Å². The highest BCUT2D eigenvalue weighted by Crippen LogP contribution is 2.50. The summed E-state index contributed by atoms with van der Waals surface area (Å²) in [5.74, 6) is -9.56. The van der Waals surface area contributed by atoms with Crippen LogP contribution in [0.25, 0.3) is 0 Å². The van der Waals surface area contributed by atoms with Gasteiger partial charge < -0.3 is 33.9 Å². The van der Waals surface area contributed by atoms with Gasteiger partial charge in [0.1, 0.15) is 0 Å². The molecule has 12 heteroatoms. The van der Waals surface area contributed by atoms with Gasteiger partial charge in [0.2, 0.25) is 0 Å². The molecule has 12 nitrogen and oxygen atoms in total. The number of aliphatic hydroxyl groups is 2. The summed E-state index contributed by atoms with van der Waals surface area (Å²) in [4.78, 5) is 40.2. The van der Waals surface area contributed by atoms with E-state index in [4.69, 9.17) is 0 Å². The predicted octanol–water partition coefficient (Wildman–Crippen LogP) is -1.59. The first-order valence-electron chi connectivity index (χ1n) is 4.18.